The lowest BCUT2D eigenvalue weighted by molar-refractivity contribution is -0.138. The van der Waals surface area contributed by atoms with Gasteiger partial charge in [-0.25, -0.2) is 13.4 Å². The number of nitrogens with one attached hydrogen (secondary N) is 2. The Morgan fingerprint density at radius 3 is 2.57 bits per heavy atom. The van der Waals surface area contributed by atoms with Gasteiger partial charge in [0.15, 0.2) is 5.96 Å². The third kappa shape index (κ3) is 7.50. The van der Waals surface area contributed by atoms with Crippen LogP contribution in [0.2, 0.25) is 0 Å². The SMILES string of the molecule is NC(N)=Nc1ccc(C2=NO[C@@H](CC(=O)NC[C@H](NS(=O)(=O)c3cccc(Br)c3)C(=O)O)C2)cc1. The highest BCUT2D eigenvalue weighted by Crippen LogP contribution is 2.21. The molecule has 1 amide bonds. The predicted octanol–water partition coefficient (Wildman–Crippen LogP) is 0.785. The number of nitrogens with two attached hydrogens (primary N) is 2. The van der Waals surface area contributed by atoms with Crippen molar-refractivity contribution in [1.82, 2.24) is 10.0 Å². The summed E-state index contributed by atoms with van der Waals surface area (Å²) >= 11 is 3.17. The van der Waals surface area contributed by atoms with Crippen LogP contribution in [0.3, 0.4) is 0 Å². The van der Waals surface area contributed by atoms with Gasteiger partial charge in [-0.3, -0.25) is 9.59 Å². The average Bonchev–Trinajstić information content (AvgIpc) is 3.25. The number of hydrogen-bond acceptors (Lipinski definition) is 7. The zero-order valence-corrected chi connectivity index (χ0v) is 20.6. The molecule has 35 heavy (non-hydrogen) atoms. The van der Waals surface area contributed by atoms with E-state index >= 15 is 0 Å². The summed E-state index contributed by atoms with van der Waals surface area (Å²) in [6, 6.07) is 11.2. The van der Waals surface area contributed by atoms with Crippen molar-refractivity contribution in [3.63, 3.8) is 0 Å². The van der Waals surface area contributed by atoms with Gasteiger partial charge in [0, 0.05) is 17.4 Å². The summed E-state index contributed by atoms with van der Waals surface area (Å²) in [6.45, 7) is -0.450. The first-order chi connectivity index (χ1) is 16.5. The number of sulfonamides is 1. The second kappa shape index (κ2) is 11.3. The molecule has 0 saturated heterocycles. The lowest BCUT2D eigenvalue weighted by Gasteiger charge is -2.16. The van der Waals surface area contributed by atoms with Gasteiger partial charge in [-0.1, -0.05) is 39.3 Å². The lowest BCUT2D eigenvalue weighted by Crippen LogP contribution is -2.48. The van der Waals surface area contributed by atoms with E-state index in [2.05, 4.69) is 36.1 Å². The number of guanidine groups is 1. The van der Waals surface area contributed by atoms with Crippen LogP contribution < -0.4 is 21.5 Å². The molecule has 186 valence electrons. The van der Waals surface area contributed by atoms with Gasteiger partial charge in [-0.15, -0.1) is 0 Å². The van der Waals surface area contributed by atoms with Crippen LogP contribution in [0.4, 0.5) is 5.69 Å². The number of rotatable bonds is 10. The second-order valence-electron chi connectivity index (χ2n) is 7.53. The molecule has 1 aliphatic rings. The number of amides is 1. The topological polar surface area (TPSA) is 199 Å². The Kier molecular flexibility index (Phi) is 8.43. The lowest BCUT2D eigenvalue weighted by atomic mass is 10.0. The van der Waals surface area contributed by atoms with E-state index in [1.54, 1.807) is 30.3 Å². The molecular weight excluding hydrogens is 544 g/mol. The minimum Gasteiger partial charge on any atom is -0.480 e. The standard InChI is InChI=1S/C21H23BrN6O6S/c22-13-2-1-3-16(8-13)35(32,33)28-18(20(30)31)11-25-19(29)10-15-9-17(27-34-15)12-4-6-14(7-5-12)26-21(23)24/h1-8,15,18,28H,9-11H2,(H,25,29)(H,30,31)(H4,23,24,26)/t15-,18+/m1/s1. The molecule has 0 bridgehead atoms. The fourth-order valence-corrected chi connectivity index (χ4v) is 4.93. The molecule has 0 radical (unpaired) electrons. The first-order valence-electron chi connectivity index (χ1n) is 10.2. The molecule has 0 fully saturated rings. The first-order valence-corrected chi connectivity index (χ1v) is 12.5. The summed E-state index contributed by atoms with van der Waals surface area (Å²) in [7, 11) is -4.12. The van der Waals surface area contributed by atoms with Crippen molar-refractivity contribution in [2.24, 2.45) is 21.6 Å². The summed E-state index contributed by atoms with van der Waals surface area (Å²) in [5, 5.41) is 15.8. The van der Waals surface area contributed by atoms with E-state index < -0.39 is 40.6 Å². The van der Waals surface area contributed by atoms with Crippen molar-refractivity contribution in [2.45, 2.75) is 29.9 Å². The molecule has 1 aliphatic heterocycles. The third-order valence-corrected chi connectivity index (χ3v) is 6.77. The zero-order valence-electron chi connectivity index (χ0n) is 18.2. The number of aliphatic carboxylic acids is 1. The zero-order chi connectivity index (χ0) is 25.6. The summed E-state index contributed by atoms with van der Waals surface area (Å²) in [6.07, 6.45) is -0.291. The normalized spacial score (nSPS) is 16.0. The predicted molar refractivity (Wildman–Crippen MR) is 131 cm³/mol. The van der Waals surface area contributed by atoms with Gasteiger partial charge in [0.2, 0.25) is 15.9 Å². The van der Waals surface area contributed by atoms with Crippen LogP contribution in [0, 0.1) is 0 Å². The monoisotopic (exact) mass is 566 g/mol. The quantitative estimate of drug-likeness (QED) is 0.205. The molecule has 0 aliphatic carbocycles. The molecule has 12 nitrogen and oxygen atoms in total. The molecule has 0 spiro atoms. The van der Waals surface area contributed by atoms with Crippen LogP contribution in [0.15, 0.2) is 68.0 Å². The van der Waals surface area contributed by atoms with E-state index in [9.17, 15) is 23.1 Å². The first kappa shape index (κ1) is 26.1. The maximum atomic E-state index is 12.5. The van der Waals surface area contributed by atoms with E-state index in [4.69, 9.17) is 16.3 Å². The Hall–Kier alpha value is -3.49. The Balaban J connectivity index is 1.52. The maximum Gasteiger partial charge on any atom is 0.323 e. The van der Waals surface area contributed by atoms with E-state index in [1.165, 1.54) is 18.2 Å². The molecule has 2 atom stereocenters. The number of benzene rings is 2. The van der Waals surface area contributed by atoms with Gasteiger partial charge in [-0.05, 0) is 35.9 Å². The van der Waals surface area contributed by atoms with E-state index in [-0.39, 0.29) is 17.3 Å². The summed E-state index contributed by atoms with van der Waals surface area (Å²) < 4.78 is 27.6. The smallest absolute Gasteiger partial charge is 0.323 e. The molecule has 3 rings (SSSR count). The number of carbonyl (C=O) groups excluding carboxylic acids is 1. The van der Waals surface area contributed by atoms with Crippen molar-refractivity contribution >= 4 is 55.2 Å². The second-order valence-corrected chi connectivity index (χ2v) is 10.2. The van der Waals surface area contributed by atoms with Gasteiger partial charge in [-0.2, -0.15) is 4.72 Å². The molecule has 7 N–H and O–H groups in total. The van der Waals surface area contributed by atoms with E-state index in [0.29, 0.717) is 22.3 Å². The number of nitrogens with zero attached hydrogens (tertiary/aromatic N) is 2. The van der Waals surface area contributed by atoms with Crippen LogP contribution >= 0.6 is 15.9 Å². The van der Waals surface area contributed by atoms with Crippen LogP contribution in [0.1, 0.15) is 18.4 Å². The minimum atomic E-state index is -4.12. The Morgan fingerprint density at radius 1 is 1.23 bits per heavy atom. The van der Waals surface area contributed by atoms with Crippen LogP contribution in [0.25, 0.3) is 0 Å². The van der Waals surface area contributed by atoms with E-state index in [0.717, 1.165) is 5.56 Å². The molecular formula is C21H23BrN6O6S. The highest BCUT2D eigenvalue weighted by molar-refractivity contribution is 9.10. The highest BCUT2D eigenvalue weighted by atomic mass is 79.9. The van der Waals surface area contributed by atoms with E-state index in [1.807, 2.05) is 0 Å². The Morgan fingerprint density at radius 2 is 1.94 bits per heavy atom. The third-order valence-electron chi connectivity index (χ3n) is 4.81. The molecule has 14 heteroatoms. The number of carboxylic acids is 1. The number of carboxylic acid groups (broad SMARTS) is 1. The summed E-state index contributed by atoms with van der Waals surface area (Å²) in [4.78, 5) is 33.0. The van der Waals surface area contributed by atoms with Gasteiger partial charge >= 0.3 is 5.97 Å². The van der Waals surface area contributed by atoms with Gasteiger partial charge in [0.05, 0.1) is 22.7 Å². The number of oxime groups is 1. The number of halogens is 1. The maximum absolute atomic E-state index is 12.5. The van der Waals surface area contributed by atoms with Gasteiger partial charge in [0.1, 0.15) is 12.1 Å². The number of carbonyl (C=O) groups is 2. The fourth-order valence-electron chi connectivity index (χ4n) is 3.15. The Bertz CT molecular complexity index is 1260. The molecule has 1 heterocycles. The highest BCUT2D eigenvalue weighted by Gasteiger charge is 2.28. The minimum absolute atomic E-state index is 0.0589. The molecule has 0 aromatic heterocycles. The van der Waals surface area contributed by atoms with Crippen LogP contribution in [-0.2, 0) is 24.4 Å². The number of hydrogen-bond donors (Lipinski definition) is 5. The molecule has 2 aromatic rings. The van der Waals surface area contributed by atoms with Crippen molar-refractivity contribution in [3.8, 4) is 0 Å². The average molecular weight is 567 g/mol. The van der Waals surface area contributed by atoms with Crippen molar-refractivity contribution in [2.75, 3.05) is 6.54 Å². The van der Waals surface area contributed by atoms with Crippen molar-refractivity contribution in [1.29, 1.82) is 0 Å². The van der Waals surface area contributed by atoms with Crippen LogP contribution in [0.5, 0.6) is 0 Å². The fraction of sp³-hybridized carbons (Fsp3) is 0.238. The van der Waals surface area contributed by atoms with Gasteiger partial charge < -0.3 is 26.7 Å². The number of aliphatic imine (C=N–C) groups is 1. The van der Waals surface area contributed by atoms with Crippen molar-refractivity contribution in [3.05, 3.63) is 58.6 Å². The molecule has 0 saturated carbocycles. The largest absolute Gasteiger partial charge is 0.480 e. The Labute approximate surface area is 209 Å². The summed E-state index contributed by atoms with van der Waals surface area (Å²) in [5.74, 6) is -2.00. The molecule has 2 aromatic carbocycles. The van der Waals surface area contributed by atoms with Crippen molar-refractivity contribution < 1.29 is 28.0 Å². The van der Waals surface area contributed by atoms with Crippen LogP contribution in [-0.4, -0.2) is 55.8 Å². The molecule has 0 unspecified atom stereocenters. The summed E-state index contributed by atoms with van der Waals surface area (Å²) in [5.41, 5.74) is 12.7. The van der Waals surface area contributed by atoms with Gasteiger partial charge in [0.25, 0.3) is 0 Å².